The van der Waals surface area contributed by atoms with Gasteiger partial charge >= 0.3 is 0 Å². The molecule has 0 radical (unpaired) electrons. The molecule has 1 aliphatic carbocycles. The van der Waals surface area contributed by atoms with Crippen molar-refractivity contribution in [2.24, 2.45) is 5.92 Å². The largest absolute Gasteiger partial charge is 0.383 e. The van der Waals surface area contributed by atoms with Gasteiger partial charge in [0.1, 0.15) is 0 Å². The Balaban J connectivity index is 2.71. The van der Waals surface area contributed by atoms with Crippen LogP contribution in [0.15, 0.2) is 0 Å². The van der Waals surface area contributed by atoms with Crippen molar-refractivity contribution >= 4 is 0 Å². The van der Waals surface area contributed by atoms with Gasteiger partial charge in [0.25, 0.3) is 0 Å². The van der Waals surface area contributed by atoms with Crippen molar-refractivity contribution < 1.29 is 4.74 Å². The molecule has 4 unspecified atom stereocenters. The summed E-state index contributed by atoms with van der Waals surface area (Å²) in [5.41, 5.74) is 0. The van der Waals surface area contributed by atoms with Crippen LogP contribution in [-0.4, -0.2) is 50.3 Å². The van der Waals surface area contributed by atoms with E-state index in [2.05, 4.69) is 38.0 Å². The number of nitrogens with zero attached hydrogens (tertiary/aromatic N) is 1. The molecule has 0 aromatic rings. The Hall–Kier alpha value is -0.120. The summed E-state index contributed by atoms with van der Waals surface area (Å²) in [5.74, 6) is 0.906. The topological polar surface area (TPSA) is 24.5 Å². The molecule has 1 fully saturated rings. The van der Waals surface area contributed by atoms with E-state index in [0.717, 1.165) is 19.1 Å². The standard InChI is InChI=1S/C15H32N2O/c1-6-13-8-9-14(16-4)15(10-13)17(7-2)12(3)11-18-5/h12-16H,6-11H2,1-5H3. The maximum absolute atomic E-state index is 5.34. The highest BCUT2D eigenvalue weighted by Gasteiger charge is 2.34. The number of hydrogen-bond acceptors (Lipinski definition) is 3. The molecule has 0 spiro atoms. The lowest BCUT2D eigenvalue weighted by atomic mass is 9.80. The van der Waals surface area contributed by atoms with Gasteiger partial charge in [0.05, 0.1) is 6.61 Å². The van der Waals surface area contributed by atoms with E-state index in [1.165, 1.54) is 25.7 Å². The second-order valence-electron chi connectivity index (χ2n) is 5.68. The second-order valence-corrected chi connectivity index (χ2v) is 5.68. The highest BCUT2D eigenvalue weighted by atomic mass is 16.5. The fourth-order valence-electron chi connectivity index (χ4n) is 3.52. The van der Waals surface area contributed by atoms with Gasteiger partial charge in [-0.15, -0.1) is 0 Å². The van der Waals surface area contributed by atoms with Crippen LogP contribution in [0.1, 0.15) is 46.5 Å². The van der Waals surface area contributed by atoms with Crippen molar-refractivity contribution in [2.75, 3.05) is 27.3 Å². The molecule has 3 nitrogen and oxygen atoms in total. The van der Waals surface area contributed by atoms with Crippen LogP contribution in [0.25, 0.3) is 0 Å². The number of methoxy groups -OCH3 is 1. The summed E-state index contributed by atoms with van der Waals surface area (Å²) in [5, 5.41) is 3.53. The molecule has 18 heavy (non-hydrogen) atoms. The average molecular weight is 256 g/mol. The van der Waals surface area contributed by atoms with E-state index in [9.17, 15) is 0 Å². The maximum atomic E-state index is 5.34. The monoisotopic (exact) mass is 256 g/mol. The van der Waals surface area contributed by atoms with Crippen LogP contribution in [0.5, 0.6) is 0 Å². The van der Waals surface area contributed by atoms with Crippen LogP contribution in [0, 0.1) is 5.92 Å². The normalized spacial score (nSPS) is 30.7. The summed E-state index contributed by atoms with van der Waals surface area (Å²) in [6.45, 7) is 8.83. The van der Waals surface area contributed by atoms with Gasteiger partial charge in [-0.3, -0.25) is 4.90 Å². The lowest BCUT2D eigenvalue weighted by molar-refractivity contribution is 0.0340. The van der Waals surface area contributed by atoms with E-state index < -0.39 is 0 Å². The summed E-state index contributed by atoms with van der Waals surface area (Å²) in [4.78, 5) is 2.63. The van der Waals surface area contributed by atoms with Crippen LogP contribution < -0.4 is 5.32 Å². The van der Waals surface area contributed by atoms with E-state index in [1.807, 2.05) is 0 Å². The van der Waals surface area contributed by atoms with E-state index in [0.29, 0.717) is 18.1 Å². The molecule has 1 aliphatic rings. The Morgan fingerprint density at radius 2 is 2.06 bits per heavy atom. The molecule has 1 rings (SSSR count). The first-order valence-corrected chi connectivity index (χ1v) is 7.59. The lowest BCUT2D eigenvalue weighted by Crippen LogP contribution is -2.55. The summed E-state index contributed by atoms with van der Waals surface area (Å²) in [6, 6.07) is 1.83. The molecular formula is C15H32N2O. The van der Waals surface area contributed by atoms with E-state index >= 15 is 0 Å². The Kier molecular flexibility index (Phi) is 7.20. The minimum atomic E-state index is 0.511. The van der Waals surface area contributed by atoms with Gasteiger partial charge in [-0.1, -0.05) is 20.3 Å². The number of hydrogen-bond donors (Lipinski definition) is 1. The SMILES string of the molecule is CCC1CCC(NC)C(N(CC)C(C)COC)C1. The van der Waals surface area contributed by atoms with Crippen molar-refractivity contribution in [3.8, 4) is 0 Å². The van der Waals surface area contributed by atoms with Gasteiger partial charge < -0.3 is 10.1 Å². The highest BCUT2D eigenvalue weighted by Crippen LogP contribution is 2.30. The summed E-state index contributed by atoms with van der Waals surface area (Å²) < 4.78 is 5.34. The van der Waals surface area contributed by atoms with Gasteiger partial charge in [0, 0.05) is 25.2 Å². The summed E-state index contributed by atoms with van der Waals surface area (Å²) in [7, 11) is 3.91. The summed E-state index contributed by atoms with van der Waals surface area (Å²) >= 11 is 0. The molecule has 4 atom stereocenters. The van der Waals surface area contributed by atoms with Crippen LogP contribution in [0.3, 0.4) is 0 Å². The smallest absolute Gasteiger partial charge is 0.0615 e. The molecule has 0 heterocycles. The van der Waals surface area contributed by atoms with Crippen molar-refractivity contribution in [2.45, 2.75) is 64.6 Å². The third kappa shape index (κ3) is 3.94. The predicted molar refractivity (Wildman–Crippen MR) is 78.0 cm³/mol. The Bertz CT molecular complexity index is 223. The fourth-order valence-corrected chi connectivity index (χ4v) is 3.52. The van der Waals surface area contributed by atoms with Gasteiger partial charge in [-0.2, -0.15) is 0 Å². The number of rotatable bonds is 7. The summed E-state index contributed by atoms with van der Waals surface area (Å²) in [6.07, 6.45) is 5.36. The van der Waals surface area contributed by atoms with E-state index in [1.54, 1.807) is 7.11 Å². The first-order chi connectivity index (χ1) is 8.67. The third-order valence-electron chi connectivity index (χ3n) is 4.64. The first kappa shape index (κ1) is 15.9. The Morgan fingerprint density at radius 1 is 1.33 bits per heavy atom. The van der Waals surface area contributed by atoms with Crippen molar-refractivity contribution in [1.82, 2.24) is 10.2 Å². The second kappa shape index (κ2) is 8.13. The molecule has 0 aliphatic heterocycles. The zero-order valence-corrected chi connectivity index (χ0v) is 12.9. The van der Waals surface area contributed by atoms with Gasteiger partial charge in [0.15, 0.2) is 0 Å². The molecule has 3 heteroatoms. The lowest BCUT2D eigenvalue weighted by Gasteiger charge is -2.44. The van der Waals surface area contributed by atoms with Gasteiger partial charge in [-0.25, -0.2) is 0 Å². The number of ether oxygens (including phenoxy) is 1. The zero-order valence-electron chi connectivity index (χ0n) is 12.9. The molecule has 1 saturated carbocycles. The van der Waals surface area contributed by atoms with Crippen molar-refractivity contribution in [3.05, 3.63) is 0 Å². The highest BCUT2D eigenvalue weighted by molar-refractivity contribution is 4.91. The average Bonchev–Trinajstić information content (AvgIpc) is 2.39. The third-order valence-corrected chi connectivity index (χ3v) is 4.64. The Morgan fingerprint density at radius 3 is 2.56 bits per heavy atom. The fraction of sp³-hybridized carbons (Fsp3) is 1.00. The molecule has 0 aromatic carbocycles. The first-order valence-electron chi connectivity index (χ1n) is 7.59. The molecule has 0 bridgehead atoms. The quantitative estimate of drug-likeness (QED) is 0.757. The molecule has 0 aromatic heterocycles. The van der Waals surface area contributed by atoms with E-state index in [-0.39, 0.29) is 0 Å². The van der Waals surface area contributed by atoms with Gasteiger partial charge in [-0.05, 0) is 45.7 Å². The Labute approximate surface area is 113 Å². The minimum absolute atomic E-state index is 0.511. The molecule has 0 saturated heterocycles. The van der Waals surface area contributed by atoms with E-state index in [4.69, 9.17) is 4.74 Å². The van der Waals surface area contributed by atoms with Crippen LogP contribution in [0.2, 0.25) is 0 Å². The van der Waals surface area contributed by atoms with Crippen LogP contribution in [-0.2, 0) is 4.74 Å². The van der Waals surface area contributed by atoms with Crippen molar-refractivity contribution in [3.63, 3.8) is 0 Å². The molecule has 108 valence electrons. The zero-order chi connectivity index (χ0) is 13.5. The minimum Gasteiger partial charge on any atom is -0.383 e. The number of likely N-dealkylation sites (N-methyl/N-ethyl adjacent to an activating group) is 2. The molecular weight excluding hydrogens is 224 g/mol. The molecule has 1 N–H and O–H groups in total. The van der Waals surface area contributed by atoms with Crippen molar-refractivity contribution in [1.29, 1.82) is 0 Å². The van der Waals surface area contributed by atoms with Crippen LogP contribution in [0.4, 0.5) is 0 Å². The predicted octanol–water partition coefficient (Wildman–Crippen LogP) is 2.51. The number of nitrogens with one attached hydrogen (secondary N) is 1. The van der Waals surface area contributed by atoms with Gasteiger partial charge in [0.2, 0.25) is 0 Å². The molecule has 0 amide bonds. The van der Waals surface area contributed by atoms with Crippen LogP contribution >= 0.6 is 0 Å². The maximum Gasteiger partial charge on any atom is 0.0615 e.